The molecule has 167 valence electrons. The molecule has 1 heteroatoms. The number of hydrogen-bond donors (Lipinski definition) is 0. The Balaban J connectivity index is 2.29. The van der Waals surface area contributed by atoms with Gasteiger partial charge in [0, 0.05) is 11.4 Å². The molecule has 1 nitrogen and oxygen atoms in total. The van der Waals surface area contributed by atoms with Crippen molar-refractivity contribution in [1.82, 2.24) is 4.98 Å². The normalized spacial score (nSPS) is 11.3. The van der Waals surface area contributed by atoms with Crippen LogP contribution in [0.3, 0.4) is 0 Å². The van der Waals surface area contributed by atoms with E-state index in [9.17, 15) is 0 Å². The second-order valence-electron chi connectivity index (χ2n) is 9.01. The average Bonchev–Trinajstić information content (AvgIpc) is 2.72. The molecule has 0 aliphatic rings. The Morgan fingerprint density at radius 2 is 0.931 bits per heavy atom. The van der Waals surface area contributed by atoms with Crippen LogP contribution in [0.5, 0.6) is 0 Å². The van der Waals surface area contributed by atoms with Gasteiger partial charge in [0.1, 0.15) is 0 Å². The van der Waals surface area contributed by atoms with Gasteiger partial charge in [0.2, 0.25) is 0 Å². The van der Waals surface area contributed by atoms with Crippen molar-refractivity contribution in [2.75, 3.05) is 0 Å². The molecular weight excluding hydrogens is 350 g/mol. The van der Waals surface area contributed by atoms with Gasteiger partial charge in [-0.3, -0.25) is 4.98 Å². The van der Waals surface area contributed by atoms with Gasteiger partial charge in [0.25, 0.3) is 0 Å². The Hall–Kier alpha value is -0.850. The highest BCUT2D eigenvalue weighted by atomic mass is 14.7. The van der Waals surface area contributed by atoms with Crippen molar-refractivity contribution >= 4 is 0 Å². The van der Waals surface area contributed by atoms with E-state index < -0.39 is 0 Å². The monoisotopic (exact) mass is 400 g/mol. The quantitative estimate of drug-likeness (QED) is 0.199. The second-order valence-corrected chi connectivity index (χ2v) is 9.01. The molecule has 0 bridgehead atoms. The van der Waals surface area contributed by atoms with Crippen molar-refractivity contribution in [2.45, 2.75) is 142 Å². The van der Waals surface area contributed by atoms with Crippen molar-refractivity contribution in [1.29, 1.82) is 0 Å². The third kappa shape index (κ3) is 14.7. The summed E-state index contributed by atoms with van der Waals surface area (Å²) in [6, 6.07) is 4.70. The van der Waals surface area contributed by atoms with Crippen LogP contribution >= 0.6 is 0 Å². The first kappa shape index (κ1) is 26.2. The van der Waals surface area contributed by atoms with Crippen LogP contribution in [-0.2, 0) is 19.3 Å². The summed E-state index contributed by atoms with van der Waals surface area (Å²) in [5.41, 5.74) is 4.12. The molecule has 1 rings (SSSR count). The van der Waals surface area contributed by atoms with Crippen LogP contribution in [0, 0.1) is 6.92 Å². The molecule has 0 saturated carbocycles. The molecule has 0 aliphatic heterocycles. The van der Waals surface area contributed by atoms with Gasteiger partial charge in [-0.25, -0.2) is 0 Å². The smallest absolute Gasteiger partial charge is 0.0409 e. The second kappa shape index (κ2) is 19.1. The van der Waals surface area contributed by atoms with Crippen molar-refractivity contribution in [3.63, 3.8) is 0 Å². The van der Waals surface area contributed by atoms with Gasteiger partial charge in [0.05, 0.1) is 0 Å². The number of aromatic nitrogens is 1. The van der Waals surface area contributed by atoms with E-state index in [0.29, 0.717) is 0 Å². The Labute approximate surface area is 183 Å². The molecule has 0 saturated heterocycles. The maximum Gasteiger partial charge on any atom is 0.0409 e. The molecule has 0 aromatic carbocycles. The van der Waals surface area contributed by atoms with Gasteiger partial charge < -0.3 is 0 Å². The zero-order valence-corrected chi connectivity index (χ0v) is 20.0. The first-order chi connectivity index (χ1) is 14.3. The number of hydrogen-bond acceptors (Lipinski definition) is 1. The van der Waals surface area contributed by atoms with Crippen molar-refractivity contribution < 1.29 is 0 Å². The molecule has 1 heterocycles. The number of nitrogens with zero attached hydrogens (tertiary/aromatic N) is 1. The fraction of sp³-hybridized carbons (Fsp3) is 0.786. The van der Waals surface area contributed by atoms with E-state index in [4.69, 9.17) is 4.98 Å². The third-order valence-electron chi connectivity index (χ3n) is 6.03. The van der Waals surface area contributed by atoms with Gasteiger partial charge in [-0.05, 0) is 56.2 Å². The molecule has 1 aromatic heterocycles. The zero-order chi connectivity index (χ0) is 21.0. The predicted octanol–water partition coefficient (Wildman–Crippen LogP) is 9.21. The lowest BCUT2D eigenvalue weighted by atomic mass is 10.0. The van der Waals surface area contributed by atoms with Crippen LogP contribution in [-0.4, -0.2) is 4.98 Å². The summed E-state index contributed by atoms with van der Waals surface area (Å²) >= 11 is 0. The van der Waals surface area contributed by atoms with Crippen LogP contribution in [0.2, 0.25) is 0 Å². The van der Waals surface area contributed by atoms with Crippen molar-refractivity contribution in [3.8, 4) is 0 Å². The van der Waals surface area contributed by atoms with E-state index in [2.05, 4.69) is 32.9 Å². The topological polar surface area (TPSA) is 12.9 Å². The molecular formula is C28H50N. The van der Waals surface area contributed by atoms with Crippen molar-refractivity contribution in [2.24, 2.45) is 0 Å². The minimum absolute atomic E-state index is 0.985. The summed E-state index contributed by atoms with van der Waals surface area (Å²) < 4.78 is 0. The Morgan fingerprint density at radius 3 is 1.31 bits per heavy atom. The van der Waals surface area contributed by atoms with E-state index in [1.807, 2.05) is 0 Å². The molecule has 29 heavy (non-hydrogen) atoms. The molecule has 0 spiro atoms. The lowest BCUT2D eigenvalue weighted by Crippen LogP contribution is -2.00. The molecule has 0 aliphatic carbocycles. The van der Waals surface area contributed by atoms with E-state index in [1.54, 1.807) is 0 Å². The highest BCUT2D eigenvalue weighted by Gasteiger charge is 2.04. The standard InChI is InChI=1S/C28H50N/c1-4-7-9-11-13-15-17-19-22-27-24-26(21-6-3)25-28(29-27)23-20-18-16-14-12-10-8-5-2/h24-25H,3-23H2,1-2H3. The van der Waals surface area contributed by atoms with Crippen LogP contribution in [0.15, 0.2) is 12.1 Å². The fourth-order valence-corrected chi connectivity index (χ4v) is 4.20. The summed E-state index contributed by atoms with van der Waals surface area (Å²) in [4.78, 5) is 5.01. The Kier molecular flexibility index (Phi) is 17.3. The predicted molar refractivity (Wildman–Crippen MR) is 131 cm³/mol. The lowest BCUT2D eigenvalue weighted by molar-refractivity contribution is 0.570. The SMILES string of the molecule is [CH2]CCc1cc(CCCCCCCCCC)nc(CCCCCCCCCC)c1. The molecule has 0 N–H and O–H groups in total. The molecule has 0 unspecified atom stereocenters. The highest BCUT2D eigenvalue weighted by molar-refractivity contribution is 5.22. The van der Waals surface area contributed by atoms with Crippen LogP contribution < -0.4 is 0 Å². The molecule has 1 aromatic rings. The number of rotatable bonds is 20. The third-order valence-corrected chi connectivity index (χ3v) is 6.03. The average molecular weight is 401 g/mol. The summed E-state index contributed by atoms with van der Waals surface area (Å²) in [7, 11) is 0. The van der Waals surface area contributed by atoms with Crippen LogP contribution in [0.1, 0.15) is 140 Å². The largest absolute Gasteiger partial charge is 0.258 e. The number of pyridine rings is 1. The summed E-state index contributed by atoms with van der Waals surface area (Å²) in [6.45, 7) is 8.63. The number of unbranched alkanes of at least 4 members (excludes halogenated alkanes) is 14. The summed E-state index contributed by atoms with van der Waals surface area (Å²) in [5, 5.41) is 0. The zero-order valence-electron chi connectivity index (χ0n) is 20.0. The minimum Gasteiger partial charge on any atom is -0.258 e. The number of aryl methyl sites for hydroxylation is 3. The van der Waals surface area contributed by atoms with E-state index in [1.165, 1.54) is 120 Å². The lowest BCUT2D eigenvalue weighted by Gasteiger charge is -2.09. The molecule has 0 amide bonds. The van der Waals surface area contributed by atoms with Gasteiger partial charge in [-0.1, -0.05) is 111 Å². The van der Waals surface area contributed by atoms with Crippen molar-refractivity contribution in [3.05, 3.63) is 36.0 Å². The molecule has 0 atom stereocenters. The van der Waals surface area contributed by atoms with E-state index in [-0.39, 0.29) is 0 Å². The van der Waals surface area contributed by atoms with Crippen LogP contribution in [0.25, 0.3) is 0 Å². The minimum atomic E-state index is 0.985. The Morgan fingerprint density at radius 1 is 0.552 bits per heavy atom. The highest BCUT2D eigenvalue weighted by Crippen LogP contribution is 2.16. The van der Waals surface area contributed by atoms with E-state index in [0.717, 1.165) is 25.7 Å². The molecule has 1 radical (unpaired) electrons. The van der Waals surface area contributed by atoms with Crippen LogP contribution in [0.4, 0.5) is 0 Å². The van der Waals surface area contributed by atoms with Gasteiger partial charge in [-0.2, -0.15) is 0 Å². The van der Waals surface area contributed by atoms with Gasteiger partial charge >= 0.3 is 0 Å². The maximum atomic E-state index is 5.01. The fourth-order valence-electron chi connectivity index (χ4n) is 4.20. The molecule has 0 fully saturated rings. The van der Waals surface area contributed by atoms with Gasteiger partial charge in [0.15, 0.2) is 0 Å². The van der Waals surface area contributed by atoms with E-state index >= 15 is 0 Å². The summed E-state index contributed by atoms with van der Waals surface area (Å²) in [6.07, 6.45) is 26.5. The first-order valence-electron chi connectivity index (χ1n) is 13.1. The first-order valence-corrected chi connectivity index (χ1v) is 13.1. The Bertz CT molecular complexity index is 441. The summed E-state index contributed by atoms with van der Waals surface area (Å²) in [5.74, 6) is 0. The maximum absolute atomic E-state index is 5.01. The van der Waals surface area contributed by atoms with Gasteiger partial charge in [-0.15, -0.1) is 0 Å².